The van der Waals surface area contributed by atoms with E-state index in [0.29, 0.717) is 16.5 Å². The van der Waals surface area contributed by atoms with Crippen molar-refractivity contribution < 1.29 is 18.3 Å². The van der Waals surface area contributed by atoms with Gasteiger partial charge in [-0.15, -0.1) is 23.2 Å². The van der Waals surface area contributed by atoms with Crippen LogP contribution >= 0.6 is 11.3 Å². The van der Waals surface area contributed by atoms with Crippen molar-refractivity contribution in [2.75, 3.05) is 6.54 Å². The molecule has 0 aliphatic rings. The first-order chi connectivity index (χ1) is 9.97. The summed E-state index contributed by atoms with van der Waals surface area (Å²) in [5, 5.41) is 9.66. The molecule has 0 aliphatic heterocycles. The molecular formula is C14H13NO4S2. The maximum absolute atomic E-state index is 12.4. The smallest absolute Gasteiger partial charge is 0.347 e. The third-order valence-electron chi connectivity index (χ3n) is 2.73. The molecule has 5 nitrogen and oxygen atoms in total. The fourth-order valence-electron chi connectivity index (χ4n) is 1.87. The van der Waals surface area contributed by atoms with Crippen molar-refractivity contribution in [1.82, 2.24) is 4.72 Å². The fourth-order valence-corrected chi connectivity index (χ4v) is 4.64. The van der Waals surface area contributed by atoms with E-state index in [1.54, 1.807) is 31.2 Å². The summed E-state index contributed by atoms with van der Waals surface area (Å²) >= 11 is 0.956. The van der Waals surface area contributed by atoms with Crippen LogP contribution in [0.2, 0.25) is 0 Å². The zero-order chi connectivity index (χ0) is 15.5. The minimum absolute atomic E-state index is 0.145. The second kappa shape index (κ2) is 6.26. The highest BCUT2D eigenvalue weighted by molar-refractivity contribution is 7.90. The maximum Gasteiger partial charge on any atom is 0.347 e. The number of thiophene rings is 1. The number of hydrogen-bond acceptors (Lipinski definition) is 4. The molecule has 0 spiro atoms. The van der Waals surface area contributed by atoms with E-state index in [4.69, 9.17) is 0 Å². The second-order valence-corrected chi connectivity index (χ2v) is 6.89. The Morgan fingerprint density at radius 3 is 2.76 bits per heavy atom. The Balaban J connectivity index is 2.50. The first-order valence-corrected chi connectivity index (χ1v) is 8.41. The van der Waals surface area contributed by atoms with Crippen LogP contribution in [0.25, 0.3) is 10.1 Å². The van der Waals surface area contributed by atoms with E-state index in [-0.39, 0.29) is 16.3 Å². The summed E-state index contributed by atoms with van der Waals surface area (Å²) in [6, 6.07) is 6.74. The van der Waals surface area contributed by atoms with E-state index in [9.17, 15) is 18.3 Å². The summed E-state index contributed by atoms with van der Waals surface area (Å²) in [6.45, 7) is 1.82. The third kappa shape index (κ3) is 3.24. The predicted molar refractivity (Wildman–Crippen MR) is 82.0 cm³/mol. The van der Waals surface area contributed by atoms with Crippen molar-refractivity contribution >= 4 is 37.4 Å². The Morgan fingerprint density at radius 2 is 2.10 bits per heavy atom. The lowest BCUT2D eigenvalue weighted by atomic mass is 10.2. The molecule has 7 heteroatoms. The SMILES string of the molecule is CC#CCCNS(=O)(=O)c1c(C(=O)O)sc2ccccc12. The summed E-state index contributed by atoms with van der Waals surface area (Å²) in [6.07, 6.45) is 0.375. The number of carboxylic acid groups (broad SMARTS) is 1. The summed E-state index contributed by atoms with van der Waals surface area (Å²) in [5.74, 6) is 4.18. The highest BCUT2D eigenvalue weighted by atomic mass is 32.2. The van der Waals surface area contributed by atoms with Crippen molar-refractivity contribution in [1.29, 1.82) is 0 Å². The summed E-state index contributed by atoms with van der Waals surface area (Å²) in [7, 11) is -3.89. The number of nitrogens with one attached hydrogen (secondary N) is 1. The molecule has 2 N–H and O–H groups in total. The van der Waals surface area contributed by atoms with Gasteiger partial charge in [-0.2, -0.15) is 0 Å². The molecule has 0 fully saturated rings. The minimum atomic E-state index is -3.89. The van der Waals surface area contributed by atoms with Gasteiger partial charge in [0.05, 0.1) is 0 Å². The number of rotatable bonds is 5. The Kier molecular flexibility index (Phi) is 4.63. The Hall–Kier alpha value is -1.88. The van der Waals surface area contributed by atoms with Crippen molar-refractivity contribution in [2.45, 2.75) is 18.2 Å². The van der Waals surface area contributed by atoms with Gasteiger partial charge in [-0.1, -0.05) is 18.2 Å². The molecule has 0 atom stereocenters. The van der Waals surface area contributed by atoms with Crippen molar-refractivity contribution in [3.8, 4) is 11.8 Å². The van der Waals surface area contributed by atoms with Crippen LogP contribution in [0.15, 0.2) is 29.2 Å². The Morgan fingerprint density at radius 1 is 1.38 bits per heavy atom. The first kappa shape index (κ1) is 15.5. The van der Waals surface area contributed by atoms with Crippen molar-refractivity contribution in [3.63, 3.8) is 0 Å². The van der Waals surface area contributed by atoms with Gasteiger partial charge in [-0.3, -0.25) is 0 Å². The number of hydrogen-bond donors (Lipinski definition) is 2. The van der Waals surface area contributed by atoms with Gasteiger partial charge in [0.25, 0.3) is 0 Å². The third-order valence-corrected chi connectivity index (χ3v) is 5.57. The minimum Gasteiger partial charge on any atom is -0.477 e. The molecule has 110 valence electrons. The van der Waals surface area contributed by atoms with Crippen LogP contribution < -0.4 is 4.72 Å². The van der Waals surface area contributed by atoms with Crippen LogP contribution in [0.3, 0.4) is 0 Å². The number of fused-ring (bicyclic) bond motifs is 1. The van der Waals surface area contributed by atoms with Crippen LogP contribution in [0.5, 0.6) is 0 Å². The van der Waals surface area contributed by atoms with E-state index >= 15 is 0 Å². The van der Waals surface area contributed by atoms with E-state index in [0.717, 1.165) is 11.3 Å². The average molecular weight is 323 g/mol. The second-order valence-electron chi connectivity index (χ2n) is 4.14. The quantitative estimate of drug-likeness (QED) is 0.653. The van der Waals surface area contributed by atoms with Gasteiger partial charge in [0.15, 0.2) is 0 Å². The molecule has 0 radical (unpaired) electrons. The first-order valence-electron chi connectivity index (χ1n) is 6.11. The average Bonchev–Trinajstić information content (AvgIpc) is 2.84. The number of aromatic carboxylic acids is 1. The standard InChI is InChI=1S/C14H13NO4S2/c1-2-3-6-9-15-21(18,19)13-10-7-4-5-8-11(10)20-12(13)14(16)17/h4-5,7-8,15H,6,9H2,1H3,(H,16,17). The normalized spacial score (nSPS) is 11.1. The zero-order valence-corrected chi connectivity index (χ0v) is 12.8. The summed E-state index contributed by atoms with van der Waals surface area (Å²) in [5.41, 5.74) is 0. The van der Waals surface area contributed by atoms with Crippen LogP contribution in [-0.4, -0.2) is 26.0 Å². The number of benzene rings is 1. The Labute approximate surface area is 126 Å². The maximum atomic E-state index is 12.4. The van der Waals surface area contributed by atoms with Crippen LogP contribution in [0, 0.1) is 11.8 Å². The van der Waals surface area contributed by atoms with Gasteiger partial charge in [-0.25, -0.2) is 17.9 Å². The molecule has 1 aromatic carbocycles. The van der Waals surface area contributed by atoms with Gasteiger partial charge in [0.1, 0.15) is 9.77 Å². The molecule has 21 heavy (non-hydrogen) atoms. The molecule has 0 aliphatic carbocycles. The van der Waals surface area contributed by atoms with E-state index in [2.05, 4.69) is 16.6 Å². The highest BCUT2D eigenvalue weighted by Gasteiger charge is 2.27. The molecule has 0 bridgehead atoms. The fraction of sp³-hybridized carbons (Fsp3) is 0.214. The molecule has 0 unspecified atom stereocenters. The monoisotopic (exact) mass is 323 g/mol. The summed E-state index contributed by atoms with van der Waals surface area (Å²) < 4.78 is 27.8. The lowest BCUT2D eigenvalue weighted by molar-refractivity contribution is 0.0698. The molecule has 0 saturated heterocycles. The lowest BCUT2D eigenvalue weighted by Gasteiger charge is -2.05. The van der Waals surface area contributed by atoms with Crippen molar-refractivity contribution in [2.24, 2.45) is 0 Å². The molecule has 2 aromatic rings. The predicted octanol–water partition coefficient (Wildman–Crippen LogP) is 2.29. The van der Waals surface area contributed by atoms with Gasteiger partial charge < -0.3 is 5.11 Å². The summed E-state index contributed by atoms with van der Waals surface area (Å²) in [4.78, 5) is 11.0. The van der Waals surface area contributed by atoms with Crippen LogP contribution in [0.4, 0.5) is 0 Å². The van der Waals surface area contributed by atoms with Gasteiger partial charge in [0, 0.05) is 23.1 Å². The van der Waals surface area contributed by atoms with E-state index in [1.807, 2.05) is 0 Å². The number of carboxylic acids is 1. The zero-order valence-electron chi connectivity index (χ0n) is 11.2. The Bertz CT molecular complexity index is 841. The van der Waals surface area contributed by atoms with Gasteiger partial charge in [0.2, 0.25) is 10.0 Å². The largest absolute Gasteiger partial charge is 0.477 e. The topological polar surface area (TPSA) is 83.5 Å². The molecule has 1 aromatic heterocycles. The van der Waals surface area contributed by atoms with Crippen LogP contribution in [0.1, 0.15) is 23.0 Å². The lowest BCUT2D eigenvalue weighted by Crippen LogP contribution is -2.25. The van der Waals surface area contributed by atoms with Gasteiger partial charge >= 0.3 is 5.97 Å². The van der Waals surface area contributed by atoms with E-state index in [1.165, 1.54) is 0 Å². The number of carbonyl (C=O) groups is 1. The highest BCUT2D eigenvalue weighted by Crippen LogP contribution is 2.34. The molecule has 2 rings (SSSR count). The van der Waals surface area contributed by atoms with Crippen LogP contribution in [-0.2, 0) is 10.0 Å². The van der Waals surface area contributed by atoms with Crippen molar-refractivity contribution in [3.05, 3.63) is 29.1 Å². The number of sulfonamides is 1. The van der Waals surface area contributed by atoms with E-state index < -0.39 is 16.0 Å². The molecule has 1 heterocycles. The molecule has 0 amide bonds. The van der Waals surface area contributed by atoms with Gasteiger partial charge in [-0.05, 0) is 13.0 Å². The molecular weight excluding hydrogens is 310 g/mol. The molecule has 0 saturated carbocycles.